The summed E-state index contributed by atoms with van der Waals surface area (Å²) < 4.78 is 5.14. The van der Waals surface area contributed by atoms with Crippen LogP contribution in [-0.4, -0.2) is 18.1 Å². The van der Waals surface area contributed by atoms with Crippen molar-refractivity contribution in [1.29, 1.82) is 0 Å². The predicted octanol–water partition coefficient (Wildman–Crippen LogP) is 2.91. The SMILES string of the molecule is Cc1cc(NC=O)cc(NC(=O)OC(C)(C)C)c1. The van der Waals surface area contributed by atoms with Crippen molar-refractivity contribution in [3.63, 3.8) is 0 Å². The second kappa shape index (κ2) is 5.53. The molecule has 0 spiro atoms. The van der Waals surface area contributed by atoms with Crippen molar-refractivity contribution in [2.45, 2.75) is 33.3 Å². The van der Waals surface area contributed by atoms with Gasteiger partial charge in [0, 0.05) is 11.4 Å². The van der Waals surface area contributed by atoms with Crippen molar-refractivity contribution >= 4 is 23.9 Å². The van der Waals surface area contributed by atoms with E-state index in [1.54, 1.807) is 39.0 Å². The van der Waals surface area contributed by atoms with Gasteiger partial charge in [-0.25, -0.2) is 4.79 Å². The normalized spacial score (nSPS) is 10.7. The van der Waals surface area contributed by atoms with Gasteiger partial charge in [0.25, 0.3) is 0 Å². The fourth-order valence-corrected chi connectivity index (χ4v) is 1.43. The summed E-state index contributed by atoms with van der Waals surface area (Å²) in [6.45, 7) is 7.25. The lowest BCUT2D eigenvalue weighted by Crippen LogP contribution is -2.27. The highest BCUT2D eigenvalue weighted by atomic mass is 16.6. The maximum atomic E-state index is 11.6. The van der Waals surface area contributed by atoms with Crippen molar-refractivity contribution in [3.05, 3.63) is 23.8 Å². The molecule has 0 radical (unpaired) electrons. The van der Waals surface area contributed by atoms with Crippen LogP contribution in [0.1, 0.15) is 26.3 Å². The zero-order chi connectivity index (χ0) is 13.8. The first-order chi connectivity index (χ1) is 8.30. The van der Waals surface area contributed by atoms with Crippen molar-refractivity contribution < 1.29 is 14.3 Å². The van der Waals surface area contributed by atoms with E-state index in [2.05, 4.69) is 10.6 Å². The molecule has 0 atom stereocenters. The number of ether oxygens (including phenoxy) is 1. The van der Waals surface area contributed by atoms with E-state index >= 15 is 0 Å². The summed E-state index contributed by atoms with van der Waals surface area (Å²) in [4.78, 5) is 22.0. The summed E-state index contributed by atoms with van der Waals surface area (Å²) in [5.74, 6) is 0. The summed E-state index contributed by atoms with van der Waals surface area (Å²) >= 11 is 0. The van der Waals surface area contributed by atoms with Crippen LogP contribution in [0.25, 0.3) is 0 Å². The van der Waals surface area contributed by atoms with Crippen molar-refractivity contribution in [2.75, 3.05) is 10.6 Å². The van der Waals surface area contributed by atoms with Crippen LogP contribution in [0, 0.1) is 6.92 Å². The molecule has 0 heterocycles. The molecule has 2 amide bonds. The largest absolute Gasteiger partial charge is 0.444 e. The third-order valence-electron chi connectivity index (χ3n) is 1.95. The number of anilines is 2. The molecule has 98 valence electrons. The van der Waals surface area contributed by atoms with Gasteiger partial charge in [0.2, 0.25) is 6.41 Å². The molecule has 2 N–H and O–H groups in total. The van der Waals surface area contributed by atoms with Crippen LogP contribution in [0.15, 0.2) is 18.2 Å². The number of rotatable bonds is 3. The van der Waals surface area contributed by atoms with Gasteiger partial charge < -0.3 is 10.1 Å². The Kier molecular flexibility index (Phi) is 4.31. The summed E-state index contributed by atoms with van der Waals surface area (Å²) in [5.41, 5.74) is 1.58. The first-order valence-electron chi connectivity index (χ1n) is 5.62. The van der Waals surface area contributed by atoms with Gasteiger partial charge in [-0.3, -0.25) is 10.1 Å². The summed E-state index contributed by atoms with van der Waals surface area (Å²) in [6.07, 6.45) is 0.0663. The Balaban J connectivity index is 2.78. The quantitative estimate of drug-likeness (QED) is 0.810. The minimum absolute atomic E-state index is 0.523. The molecule has 5 heteroatoms. The van der Waals surface area contributed by atoms with Crippen LogP contribution in [0.3, 0.4) is 0 Å². The number of hydrogen-bond acceptors (Lipinski definition) is 3. The number of carbonyl (C=O) groups excluding carboxylic acids is 2. The molecule has 1 aromatic rings. The molecular formula is C13H18N2O3. The Morgan fingerprint density at radius 3 is 2.39 bits per heavy atom. The highest BCUT2D eigenvalue weighted by Crippen LogP contribution is 2.19. The monoisotopic (exact) mass is 250 g/mol. The van der Waals surface area contributed by atoms with E-state index in [9.17, 15) is 9.59 Å². The number of carbonyl (C=O) groups is 2. The lowest BCUT2D eigenvalue weighted by Gasteiger charge is -2.20. The average Bonchev–Trinajstić information content (AvgIpc) is 2.12. The minimum atomic E-state index is -0.544. The van der Waals surface area contributed by atoms with Crippen LogP contribution >= 0.6 is 0 Å². The molecular weight excluding hydrogens is 232 g/mol. The first kappa shape index (κ1) is 14.0. The number of benzene rings is 1. The number of amides is 2. The Labute approximate surface area is 107 Å². The average molecular weight is 250 g/mol. The van der Waals surface area contributed by atoms with Crippen LogP contribution in [0.5, 0.6) is 0 Å². The fourth-order valence-electron chi connectivity index (χ4n) is 1.43. The molecule has 0 unspecified atom stereocenters. The molecule has 5 nitrogen and oxygen atoms in total. The fraction of sp³-hybridized carbons (Fsp3) is 0.385. The molecule has 18 heavy (non-hydrogen) atoms. The Hall–Kier alpha value is -2.04. The lowest BCUT2D eigenvalue weighted by molar-refractivity contribution is -0.105. The molecule has 0 saturated carbocycles. The summed E-state index contributed by atoms with van der Waals surface area (Å²) in [6, 6.07) is 5.25. The van der Waals surface area contributed by atoms with E-state index in [4.69, 9.17) is 4.74 Å². The smallest absolute Gasteiger partial charge is 0.412 e. The van der Waals surface area contributed by atoms with E-state index in [1.165, 1.54) is 0 Å². The third-order valence-corrected chi connectivity index (χ3v) is 1.95. The van der Waals surface area contributed by atoms with Crippen LogP contribution in [0.4, 0.5) is 16.2 Å². The van der Waals surface area contributed by atoms with Gasteiger partial charge >= 0.3 is 6.09 Å². The molecule has 0 fully saturated rings. The first-order valence-corrected chi connectivity index (χ1v) is 5.62. The molecule has 1 rings (SSSR count). The Morgan fingerprint density at radius 2 is 1.83 bits per heavy atom. The van der Waals surface area contributed by atoms with Crippen LogP contribution in [0.2, 0.25) is 0 Å². The van der Waals surface area contributed by atoms with Crippen molar-refractivity contribution in [1.82, 2.24) is 0 Å². The number of nitrogens with one attached hydrogen (secondary N) is 2. The van der Waals surface area contributed by atoms with Crippen molar-refractivity contribution in [2.24, 2.45) is 0 Å². The van der Waals surface area contributed by atoms with Gasteiger partial charge in [-0.05, 0) is 51.5 Å². The second-order valence-electron chi connectivity index (χ2n) is 4.98. The molecule has 1 aromatic carbocycles. The molecule has 0 bridgehead atoms. The van der Waals surface area contributed by atoms with E-state index < -0.39 is 11.7 Å². The highest BCUT2D eigenvalue weighted by Gasteiger charge is 2.16. The number of hydrogen-bond donors (Lipinski definition) is 2. The molecule has 0 saturated heterocycles. The predicted molar refractivity (Wildman–Crippen MR) is 70.7 cm³/mol. The highest BCUT2D eigenvalue weighted by molar-refractivity contribution is 5.86. The maximum absolute atomic E-state index is 11.6. The van der Waals surface area contributed by atoms with Gasteiger partial charge in [-0.2, -0.15) is 0 Å². The van der Waals surface area contributed by atoms with Gasteiger partial charge in [0.1, 0.15) is 5.60 Å². The molecule has 0 aromatic heterocycles. The minimum Gasteiger partial charge on any atom is -0.444 e. The lowest BCUT2D eigenvalue weighted by atomic mass is 10.2. The van der Waals surface area contributed by atoms with E-state index in [-0.39, 0.29) is 0 Å². The summed E-state index contributed by atoms with van der Waals surface area (Å²) in [5, 5.41) is 5.16. The van der Waals surface area contributed by atoms with Crippen molar-refractivity contribution in [3.8, 4) is 0 Å². The topological polar surface area (TPSA) is 67.4 Å². The molecule has 0 aliphatic heterocycles. The van der Waals surface area contributed by atoms with Gasteiger partial charge in [0.05, 0.1) is 0 Å². The van der Waals surface area contributed by atoms with Gasteiger partial charge in [0.15, 0.2) is 0 Å². The molecule has 0 aliphatic carbocycles. The van der Waals surface area contributed by atoms with Gasteiger partial charge in [-0.1, -0.05) is 0 Å². The van der Waals surface area contributed by atoms with Crippen LogP contribution in [-0.2, 0) is 9.53 Å². The van der Waals surface area contributed by atoms with Crippen LogP contribution < -0.4 is 10.6 Å². The maximum Gasteiger partial charge on any atom is 0.412 e. The molecule has 0 aliphatic rings. The standard InChI is InChI=1S/C13H18N2O3/c1-9-5-10(14-8-16)7-11(6-9)15-12(17)18-13(2,3)4/h5-8H,1-4H3,(H,14,16)(H,15,17). The Bertz CT molecular complexity index is 450. The van der Waals surface area contributed by atoms with E-state index in [1.807, 2.05) is 6.92 Å². The third kappa shape index (κ3) is 4.86. The summed E-state index contributed by atoms with van der Waals surface area (Å²) in [7, 11) is 0. The number of aryl methyl sites for hydroxylation is 1. The van der Waals surface area contributed by atoms with Gasteiger partial charge in [-0.15, -0.1) is 0 Å². The Morgan fingerprint density at radius 1 is 1.22 bits per heavy atom. The second-order valence-corrected chi connectivity index (χ2v) is 4.98. The zero-order valence-electron chi connectivity index (χ0n) is 11.0. The van der Waals surface area contributed by atoms with E-state index in [0.29, 0.717) is 17.8 Å². The van der Waals surface area contributed by atoms with E-state index in [0.717, 1.165) is 5.56 Å². The zero-order valence-corrected chi connectivity index (χ0v) is 11.0.